The monoisotopic (exact) mass is 320 g/mol. The van der Waals surface area contributed by atoms with Gasteiger partial charge in [0.2, 0.25) is 0 Å². The maximum atomic E-state index is 12.5. The van der Waals surface area contributed by atoms with Gasteiger partial charge in [-0.05, 0) is 29.5 Å². The highest BCUT2D eigenvalue weighted by atomic mass is 32.2. The van der Waals surface area contributed by atoms with Crippen LogP contribution in [0.4, 0.5) is 4.79 Å². The molecule has 0 fully saturated rings. The van der Waals surface area contributed by atoms with Crippen molar-refractivity contribution >= 4 is 23.8 Å². The summed E-state index contributed by atoms with van der Waals surface area (Å²) in [5.74, 6) is -0.376. The smallest absolute Gasteiger partial charge is 0.337 e. The third-order valence-corrected chi connectivity index (χ3v) is 4.42. The minimum atomic E-state index is -0.376. The van der Waals surface area contributed by atoms with E-state index in [2.05, 4.69) is 0 Å². The number of methoxy groups -OCH3 is 1. The zero-order valence-electron chi connectivity index (χ0n) is 13.0. The SMILES string of the molecule is CCCN(C)C(=O)N1C=CSC1c1cccc(C(=O)OC)c1. The fraction of sp³-hybridized carbons (Fsp3) is 0.375. The van der Waals surface area contributed by atoms with Crippen LogP contribution < -0.4 is 0 Å². The topological polar surface area (TPSA) is 49.9 Å². The van der Waals surface area contributed by atoms with Crippen molar-refractivity contribution in [1.29, 1.82) is 0 Å². The average molecular weight is 320 g/mol. The number of rotatable bonds is 4. The predicted molar refractivity (Wildman–Crippen MR) is 87.4 cm³/mol. The Kier molecular flexibility index (Phi) is 5.49. The van der Waals surface area contributed by atoms with Gasteiger partial charge in [-0.3, -0.25) is 4.90 Å². The fourth-order valence-corrected chi connectivity index (χ4v) is 3.23. The van der Waals surface area contributed by atoms with Crippen molar-refractivity contribution in [2.24, 2.45) is 0 Å². The lowest BCUT2D eigenvalue weighted by molar-refractivity contribution is 0.0600. The number of thioether (sulfide) groups is 1. The first-order valence-corrected chi connectivity index (χ1v) is 8.06. The van der Waals surface area contributed by atoms with Gasteiger partial charge in [0.05, 0.1) is 12.7 Å². The molecule has 6 heteroatoms. The molecule has 0 saturated carbocycles. The van der Waals surface area contributed by atoms with Crippen LogP contribution in [0.25, 0.3) is 0 Å². The van der Waals surface area contributed by atoms with Gasteiger partial charge in [0, 0.05) is 19.8 Å². The quantitative estimate of drug-likeness (QED) is 0.797. The van der Waals surface area contributed by atoms with Crippen LogP contribution >= 0.6 is 11.8 Å². The fourth-order valence-electron chi connectivity index (χ4n) is 2.29. The van der Waals surface area contributed by atoms with Gasteiger partial charge in [-0.1, -0.05) is 19.1 Å². The molecule has 0 bridgehead atoms. The molecule has 0 N–H and O–H groups in total. The van der Waals surface area contributed by atoms with Gasteiger partial charge in [0.1, 0.15) is 5.37 Å². The highest BCUT2D eigenvalue weighted by Gasteiger charge is 2.29. The predicted octanol–water partition coefficient (Wildman–Crippen LogP) is 3.45. The number of amides is 2. The Morgan fingerprint density at radius 1 is 1.41 bits per heavy atom. The summed E-state index contributed by atoms with van der Waals surface area (Å²) < 4.78 is 4.75. The maximum Gasteiger partial charge on any atom is 0.337 e. The van der Waals surface area contributed by atoms with Crippen molar-refractivity contribution in [2.45, 2.75) is 18.7 Å². The lowest BCUT2D eigenvalue weighted by Crippen LogP contribution is -2.38. The van der Waals surface area contributed by atoms with E-state index in [9.17, 15) is 9.59 Å². The maximum absolute atomic E-state index is 12.5. The van der Waals surface area contributed by atoms with Gasteiger partial charge in [-0.2, -0.15) is 0 Å². The molecule has 2 amide bonds. The van der Waals surface area contributed by atoms with Gasteiger partial charge in [-0.25, -0.2) is 9.59 Å². The molecule has 22 heavy (non-hydrogen) atoms. The molecule has 1 heterocycles. The molecule has 0 radical (unpaired) electrons. The molecule has 0 spiro atoms. The van der Waals surface area contributed by atoms with E-state index in [1.165, 1.54) is 7.11 Å². The van der Waals surface area contributed by atoms with Crippen molar-refractivity contribution in [3.05, 3.63) is 47.0 Å². The van der Waals surface area contributed by atoms with E-state index in [0.29, 0.717) is 12.1 Å². The molecular weight excluding hydrogens is 300 g/mol. The molecule has 2 rings (SSSR count). The highest BCUT2D eigenvalue weighted by molar-refractivity contribution is 8.02. The zero-order chi connectivity index (χ0) is 16.1. The third kappa shape index (κ3) is 3.44. The number of carbonyl (C=O) groups excluding carboxylic acids is 2. The van der Waals surface area contributed by atoms with E-state index in [1.54, 1.807) is 53.0 Å². The van der Waals surface area contributed by atoms with E-state index >= 15 is 0 Å². The van der Waals surface area contributed by atoms with E-state index < -0.39 is 0 Å². The summed E-state index contributed by atoms with van der Waals surface area (Å²) in [7, 11) is 3.15. The van der Waals surface area contributed by atoms with Crippen LogP contribution in [-0.2, 0) is 4.74 Å². The number of hydrogen-bond acceptors (Lipinski definition) is 4. The largest absolute Gasteiger partial charge is 0.465 e. The first-order chi connectivity index (χ1) is 10.6. The molecule has 118 valence electrons. The van der Waals surface area contributed by atoms with E-state index in [1.807, 2.05) is 18.4 Å². The Hall–Kier alpha value is -1.95. The van der Waals surface area contributed by atoms with Crippen molar-refractivity contribution in [1.82, 2.24) is 9.80 Å². The molecule has 5 nitrogen and oxygen atoms in total. The van der Waals surface area contributed by atoms with E-state index in [-0.39, 0.29) is 17.4 Å². The van der Waals surface area contributed by atoms with Crippen molar-refractivity contribution in [3.63, 3.8) is 0 Å². The molecule has 1 unspecified atom stereocenters. The average Bonchev–Trinajstić information content (AvgIpc) is 3.03. The van der Waals surface area contributed by atoms with Gasteiger partial charge < -0.3 is 9.64 Å². The molecule has 0 aromatic heterocycles. The number of hydrogen-bond donors (Lipinski definition) is 0. The summed E-state index contributed by atoms with van der Waals surface area (Å²) in [5, 5.41) is 1.74. The minimum Gasteiger partial charge on any atom is -0.465 e. The second kappa shape index (κ2) is 7.35. The van der Waals surface area contributed by atoms with E-state index in [4.69, 9.17) is 4.74 Å². The standard InChI is InChI=1S/C16H20N2O3S/c1-4-8-17(2)16(20)18-9-10-22-14(18)12-6-5-7-13(11-12)15(19)21-3/h5-7,9-11,14H,4,8H2,1-3H3. The van der Waals surface area contributed by atoms with Crippen LogP contribution in [0.2, 0.25) is 0 Å². The Morgan fingerprint density at radius 3 is 2.86 bits per heavy atom. The first-order valence-electron chi connectivity index (χ1n) is 7.12. The number of ether oxygens (including phenoxy) is 1. The Labute approximate surface area is 134 Å². The second-order valence-corrected chi connectivity index (χ2v) is 5.99. The van der Waals surface area contributed by atoms with Crippen LogP contribution in [0.5, 0.6) is 0 Å². The van der Waals surface area contributed by atoms with Crippen LogP contribution in [0.3, 0.4) is 0 Å². The number of esters is 1. The summed E-state index contributed by atoms with van der Waals surface area (Å²) >= 11 is 1.54. The molecule has 0 saturated heterocycles. The van der Waals surface area contributed by atoms with Crippen LogP contribution in [0.1, 0.15) is 34.6 Å². The number of nitrogens with zero attached hydrogens (tertiary/aromatic N) is 2. The Balaban J connectivity index is 2.21. The van der Waals surface area contributed by atoms with Crippen molar-refractivity contribution in [2.75, 3.05) is 20.7 Å². The first kappa shape index (κ1) is 16.4. The summed E-state index contributed by atoms with van der Waals surface area (Å²) in [6.45, 7) is 2.75. The van der Waals surface area contributed by atoms with Gasteiger partial charge in [0.15, 0.2) is 0 Å². The lowest BCUT2D eigenvalue weighted by atomic mass is 10.1. The lowest BCUT2D eigenvalue weighted by Gasteiger charge is -2.28. The van der Waals surface area contributed by atoms with Crippen LogP contribution in [0.15, 0.2) is 35.9 Å². The number of carbonyl (C=O) groups is 2. The molecule has 1 atom stereocenters. The van der Waals surface area contributed by atoms with Gasteiger partial charge >= 0.3 is 12.0 Å². The van der Waals surface area contributed by atoms with Crippen molar-refractivity contribution < 1.29 is 14.3 Å². The molecule has 1 aromatic carbocycles. The van der Waals surface area contributed by atoms with E-state index in [0.717, 1.165) is 12.0 Å². The number of urea groups is 1. The second-order valence-electron chi connectivity index (χ2n) is 5.00. The molecule has 1 aliphatic heterocycles. The Morgan fingerprint density at radius 2 is 2.18 bits per heavy atom. The normalized spacial score (nSPS) is 16.7. The van der Waals surface area contributed by atoms with Crippen molar-refractivity contribution in [3.8, 4) is 0 Å². The minimum absolute atomic E-state index is 0.0448. The Bertz CT molecular complexity index is 589. The highest BCUT2D eigenvalue weighted by Crippen LogP contribution is 2.39. The number of benzene rings is 1. The third-order valence-electron chi connectivity index (χ3n) is 3.38. The summed E-state index contributed by atoms with van der Waals surface area (Å²) in [5.41, 5.74) is 1.39. The molecule has 1 aromatic rings. The zero-order valence-corrected chi connectivity index (χ0v) is 13.8. The molecule has 1 aliphatic rings. The summed E-state index contributed by atoms with van der Waals surface area (Å²) in [6.07, 6.45) is 2.70. The van der Waals surface area contributed by atoms with Crippen LogP contribution in [0, 0.1) is 0 Å². The molecule has 0 aliphatic carbocycles. The van der Waals surface area contributed by atoms with Gasteiger partial charge in [0.25, 0.3) is 0 Å². The van der Waals surface area contributed by atoms with Gasteiger partial charge in [-0.15, -0.1) is 11.8 Å². The van der Waals surface area contributed by atoms with Crippen LogP contribution in [-0.4, -0.2) is 42.5 Å². The summed E-state index contributed by atoms with van der Waals surface area (Å²) in [4.78, 5) is 27.5. The molecular formula is C16H20N2O3S. The summed E-state index contributed by atoms with van der Waals surface area (Å²) in [6, 6.07) is 7.15.